The van der Waals surface area contributed by atoms with E-state index in [0.717, 1.165) is 0 Å². The second-order valence-corrected chi connectivity index (χ2v) is 9.80. The summed E-state index contributed by atoms with van der Waals surface area (Å²) in [6.07, 6.45) is 1.40. The Kier molecular flexibility index (Phi) is 7.40. The maximum atomic E-state index is 12.7. The molecule has 0 aromatic carbocycles. The monoisotopic (exact) mass is 480 g/mol. The van der Waals surface area contributed by atoms with Crippen molar-refractivity contribution in [2.24, 2.45) is 11.8 Å². The fourth-order valence-electron chi connectivity index (χ4n) is 4.25. The number of rotatable bonds is 9. The van der Waals surface area contributed by atoms with Crippen molar-refractivity contribution >= 4 is 23.9 Å². The standard InChI is InChI=1S/C24H32O10/c1-13(2)7-19(27)32-18-8-17-16(10-29-14(3)25)11-30-22(21(17)24(18)12-31-24)33-20(28)9-23(5,6)34-15(4)26/h8,11,13,18,21-22H,7,9-10,12H2,1-6H3/t18-,21-,22+,24-/m0/s1. The molecule has 1 aliphatic carbocycles. The van der Waals surface area contributed by atoms with Gasteiger partial charge in [-0.25, -0.2) is 0 Å². The molecule has 0 saturated carbocycles. The van der Waals surface area contributed by atoms with Crippen LogP contribution in [0.3, 0.4) is 0 Å². The number of esters is 4. The molecule has 2 aliphatic heterocycles. The lowest BCUT2D eigenvalue weighted by Crippen LogP contribution is -2.45. The first kappa shape index (κ1) is 25.7. The molecule has 0 unspecified atom stereocenters. The largest absolute Gasteiger partial charge is 0.461 e. The van der Waals surface area contributed by atoms with E-state index in [4.69, 9.17) is 28.4 Å². The lowest BCUT2D eigenvalue weighted by molar-refractivity contribution is -0.190. The van der Waals surface area contributed by atoms with E-state index in [1.165, 1.54) is 20.1 Å². The van der Waals surface area contributed by atoms with Crippen LogP contribution in [0.15, 0.2) is 23.5 Å². The van der Waals surface area contributed by atoms with Gasteiger partial charge < -0.3 is 28.4 Å². The van der Waals surface area contributed by atoms with Crippen LogP contribution in [0, 0.1) is 11.8 Å². The Morgan fingerprint density at radius 3 is 2.35 bits per heavy atom. The van der Waals surface area contributed by atoms with E-state index in [0.29, 0.717) is 11.1 Å². The quantitative estimate of drug-likeness (QED) is 0.276. The van der Waals surface area contributed by atoms with Crippen LogP contribution in [-0.2, 0) is 47.6 Å². The van der Waals surface area contributed by atoms with Crippen LogP contribution in [0.1, 0.15) is 54.4 Å². The Hall–Kier alpha value is -2.88. The lowest BCUT2D eigenvalue weighted by atomic mass is 9.85. The lowest BCUT2D eigenvalue weighted by Gasteiger charge is -2.34. The summed E-state index contributed by atoms with van der Waals surface area (Å²) in [5, 5.41) is 0. The highest BCUT2D eigenvalue weighted by molar-refractivity contribution is 5.73. The third kappa shape index (κ3) is 5.97. The molecule has 4 atom stereocenters. The summed E-state index contributed by atoms with van der Waals surface area (Å²) in [6.45, 7) is 9.81. The van der Waals surface area contributed by atoms with Crippen LogP contribution in [-0.4, -0.2) is 60.7 Å². The van der Waals surface area contributed by atoms with Gasteiger partial charge in [-0.05, 0) is 31.4 Å². The highest BCUT2D eigenvalue weighted by Crippen LogP contribution is 2.54. The number of ether oxygens (including phenoxy) is 6. The first-order valence-electron chi connectivity index (χ1n) is 11.3. The van der Waals surface area contributed by atoms with E-state index < -0.39 is 47.4 Å². The van der Waals surface area contributed by atoms with Gasteiger partial charge in [-0.1, -0.05) is 13.8 Å². The van der Waals surface area contributed by atoms with Crippen molar-refractivity contribution in [3.05, 3.63) is 23.5 Å². The summed E-state index contributed by atoms with van der Waals surface area (Å²) in [5.41, 5.74) is -0.770. The number of hydrogen-bond acceptors (Lipinski definition) is 10. The van der Waals surface area contributed by atoms with Crippen LogP contribution < -0.4 is 0 Å². The maximum absolute atomic E-state index is 12.7. The highest BCUT2D eigenvalue weighted by atomic mass is 16.7. The zero-order valence-corrected chi connectivity index (χ0v) is 20.4. The van der Waals surface area contributed by atoms with Gasteiger partial charge in [-0.15, -0.1) is 0 Å². The average Bonchev–Trinajstić information content (AvgIpc) is 3.39. The molecule has 1 fully saturated rings. The normalized spacial score (nSPS) is 27.2. The highest BCUT2D eigenvalue weighted by Gasteiger charge is 2.68. The predicted octanol–water partition coefficient (Wildman–Crippen LogP) is 2.35. The SMILES string of the molecule is CC(=O)OCC1=CO[C@H](OC(=O)CC(C)(C)OC(C)=O)[C@@H]2C1=C[C@H](OC(=O)CC(C)C)[C@@]21CO1. The van der Waals surface area contributed by atoms with Gasteiger partial charge in [-0.3, -0.25) is 19.2 Å². The number of carbonyl (C=O) groups excluding carboxylic acids is 4. The van der Waals surface area contributed by atoms with E-state index in [1.807, 2.05) is 13.8 Å². The van der Waals surface area contributed by atoms with Crippen LogP contribution in [0.25, 0.3) is 0 Å². The molecule has 0 radical (unpaired) electrons. The van der Waals surface area contributed by atoms with E-state index in [1.54, 1.807) is 19.9 Å². The molecule has 34 heavy (non-hydrogen) atoms. The van der Waals surface area contributed by atoms with Crippen molar-refractivity contribution in [2.45, 2.75) is 78.0 Å². The fraction of sp³-hybridized carbons (Fsp3) is 0.667. The third-order valence-electron chi connectivity index (χ3n) is 5.64. The molecule has 10 nitrogen and oxygen atoms in total. The topological polar surface area (TPSA) is 127 Å². The number of carbonyl (C=O) groups is 4. The van der Waals surface area contributed by atoms with Crippen molar-refractivity contribution in [1.29, 1.82) is 0 Å². The zero-order chi connectivity index (χ0) is 25.3. The Morgan fingerprint density at radius 2 is 1.79 bits per heavy atom. The molecule has 3 aliphatic rings. The van der Waals surface area contributed by atoms with Gasteiger partial charge in [0.1, 0.15) is 17.8 Å². The van der Waals surface area contributed by atoms with Crippen LogP contribution in [0.5, 0.6) is 0 Å². The molecular weight excluding hydrogens is 448 g/mol. The van der Waals surface area contributed by atoms with Gasteiger partial charge in [0, 0.05) is 25.8 Å². The Labute approximate surface area is 198 Å². The smallest absolute Gasteiger partial charge is 0.312 e. The number of epoxide rings is 1. The zero-order valence-electron chi connectivity index (χ0n) is 20.4. The van der Waals surface area contributed by atoms with E-state index in [9.17, 15) is 19.2 Å². The van der Waals surface area contributed by atoms with Gasteiger partial charge in [0.05, 0.1) is 25.2 Å². The molecule has 188 valence electrons. The molecule has 0 N–H and O–H groups in total. The van der Waals surface area contributed by atoms with Crippen molar-refractivity contribution < 1.29 is 47.6 Å². The average molecular weight is 481 g/mol. The van der Waals surface area contributed by atoms with Gasteiger partial charge in [0.2, 0.25) is 0 Å². The van der Waals surface area contributed by atoms with Gasteiger partial charge >= 0.3 is 23.9 Å². The van der Waals surface area contributed by atoms with Crippen LogP contribution in [0.4, 0.5) is 0 Å². The van der Waals surface area contributed by atoms with Crippen LogP contribution >= 0.6 is 0 Å². The van der Waals surface area contributed by atoms with Crippen molar-refractivity contribution in [1.82, 2.24) is 0 Å². The third-order valence-corrected chi connectivity index (χ3v) is 5.64. The minimum Gasteiger partial charge on any atom is -0.461 e. The molecular formula is C24H32O10. The summed E-state index contributed by atoms with van der Waals surface area (Å²) < 4.78 is 33.1. The van der Waals surface area contributed by atoms with Gasteiger partial charge in [0.15, 0.2) is 6.10 Å². The molecule has 3 rings (SSSR count). The number of hydrogen-bond donors (Lipinski definition) is 0. The first-order valence-corrected chi connectivity index (χ1v) is 11.3. The van der Waals surface area contributed by atoms with E-state index in [2.05, 4.69) is 0 Å². The Bertz CT molecular complexity index is 909. The van der Waals surface area contributed by atoms with Crippen molar-refractivity contribution in [3.8, 4) is 0 Å². The second kappa shape index (κ2) is 9.77. The second-order valence-electron chi connectivity index (χ2n) is 9.80. The molecule has 0 aromatic heterocycles. The minimum absolute atomic E-state index is 0.0550. The van der Waals surface area contributed by atoms with Gasteiger partial charge in [0.25, 0.3) is 6.29 Å². The summed E-state index contributed by atoms with van der Waals surface area (Å²) in [7, 11) is 0. The maximum Gasteiger partial charge on any atom is 0.312 e. The predicted molar refractivity (Wildman–Crippen MR) is 116 cm³/mol. The molecule has 10 heteroatoms. The Morgan fingerprint density at radius 1 is 1.12 bits per heavy atom. The summed E-state index contributed by atoms with van der Waals surface area (Å²) >= 11 is 0. The summed E-state index contributed by atoms with van der Waals surface area (Å²) in [5.74, 6) is -2.45. The molecule has 0 aromatic rings. The molecule has 1 saturated heterocycles. The van der Waals surface area contributed by atoms with Crippen molar-refractivity contribution in [2.75, 3.05) is 13.2 Å². The summed E-state index contributed by atoms with van der Waals surface area (Å²) in [4.78, 5) is 47.7. The number of fused-ring (bicyclic) bond motifs is 2. The minimum atomic E-state index is -1.07. The fourth-order valence-corrected chi connectivity index (χ4v) is 4.25. The van der Waals surface area contributed by atoms with E-state index in [-0.39, 0.29) is 37.9 Å². The van der Waals surface area contributed by atoms with E-state index >= 15 is 0 Å². The molecule has 0 bridgehead atoms. The molecule has 1 spiro atoms. The van der Waals surface area contributed by atoms with Crippen LogP contribution in [0.2, 0.25) is 0 Å². The first-order chi connectivity index (χ1) is 15.8. The van der Waals surface area contributed by atoms with Gasteiger partial charge in [-0.2, -0.15) is 0 Å². The molecule has 0 amide bonds. The molecule has 2 heterocycles. The Balaban J connectivity index is 1.81. The summed E-state index contributed by atoms with van der Waals surface area (Å²) in [6, 6.07) is 0. The van der Waals surface area contributed by atoms with Crippen molar-refractivity contribution in [3.63, 3.8) is 0 Å².